The summed E-state index contributed by atoms with van der Waals surface area (Å²) in [7, 11) is 0. The largest absolute Gasteiger partial charge is 0.485 e. The van der Waals surface area contributed by atoms with Crippen molar-refractivity contribution in [2.45, 2.75) is 6.61 Å². The highest BCUT2D eigenvalue weighted by atomic mass is 32.1. The average molecular weight is 341 g/mol. The molecule has 3 rings (SSSR count). The van der Waals surface area contributed by atoms with Crippen LogP contribution in [0.3, 0.4) is 0 Å². The molecule has 0 radical (unpaired) electrons. The topological polar surface area (TPSA) is 73.3 Å². The number of anilines is 1. The molecule has 1 heterocycles. The Balaban J connectivity index is 1.56. The van der Waals surface area contributed by atoms with Gasteiger partial charge in [-0.25, -0.2) is 0 Å². The number of ether oxygens (including phenoxy) is 2. The Hall–Kier alpha value is -2.93. The van der Waals surface area contributed by atoms with Crippen LogP contribution in [-0.4, -0.2) is 22.7 Å². The Labute approximate surface area is 143 Å². The molecule has 0 saturated heterocycles. The van der Waals surface area contributed by atoms with Gasteiger partial charge in [0.05, 0.1) is 0 Å². The van der Waals surface area contributed by atoms with E-state index in [4.69, 9.17) is 9.47 Å². The molecule has 0 aliphatic carbocycles. The number of aromatic nitrogens is 2. The summed E-state index contributed by atoms with van der Waals surface area (Å²) in [6.07, 6.45) is 0. The van der Waals surface area contributed by atoms with E-state index >= 15 is 0 Å². The van der Waals surface area contributed by atoms with Gasteiger partial charge in [-0.2, -0.15) is 0 Å². The van der Waals surface area contributed by atoms with Gasteiger partial charge in [0, 0.05) is 0 Å². The number of rotatable bonds is 7. The Kier molecular flexibility index (Phi) is 5.36. The highest BCUT2D eigenvalue weighted by molar-refractivity contribution is 7.13. The van der Waals surface area contributed by atoms with E-state index in [0.29, 0.717) is 23.2 Å². The third kappa shape index (κ3) is 4.53. The number of hydrogen-bond acceptors (Lipinski definition) is 6. The van der Waals surface area contributed by atoms with E-state index in [-0.39, 0.29) is 12.5 Å². The lowest BCUT2D eigenvalue weighted by Gasteiger charge is -2.12. The van der Waals surface area contributed by atoms with Crippen LogP contribution < -0.4 is 14.8 Å². The first-order chi connectivity index (χ1) is 11.8. The predicted octanol–water partition coefficient (Wildman–Crippen LogP) is 3.13. The predicted molar refractivity (Wildman–Crippen MR) is 91.2 cm³/mol. The van der Waals surface area contributed by atoms with Crippen molar-refractivity contribution in [2.24, 2.45) is 0 Å². The Morgan fingerprint density at radius 2 is 1.71 bits per heavy atom. The van der Waals surface area contributed by atoms with Crippen molar-refractivity contribution in [3.63, 3.8) is 0 Å². The van der Waals surface area contributed by atoms with Crippen molar-refractivity contribution >= 4 is 22.4 Å². The van der Waals surface area contributed by atoms with Crippen LogP contribution in [0.1, 0.15) is 5.56 Å². The van der Waals surface area contributed by atoms with Crippen LogP contribution in [0.2, 0.25) is 0 Å². The summed E-state index contributed by atoms with van der Waals surface area (Å²) in [6.45, 7) is 0.295. The lowest BCUT2D eigenvalue weighted by atomic mass is 10.2. The zero-order chi connectivity index (χ0) is 16.6. The summed E-state index contributed by atoms with van der Waals surface area (Å²) in [6, 6.07) is 17.1. The SMILES string of the molecule is O=C(COc1ccccc1OCc1ccccc1)Nc1nncs1. The van der Waals surface area contributed by atoms with Crippen LogP contribution in [0, 0.1) is 0 Å². The molecule has 7 heteroatoms. The number of nitrogens with zero attached hydrogens (tertiary/aromatic N) is 2. The number of para-hydroxylation sites is 2. The van der Waals surface area contributed by atoms with Gasteiger partial charge in [-0.3, -0.25) is 10.1 Å². The van der Waals surface area contributed by atoms with E-state index in [1.165, 1.54) is 11.3 Å². The van der Waals surface area contributed by atoms with Crippen molar-refractivity contribution in [1.29, 1.82) is 0 Å². The molecular formula is C17H15N3O3S. The van der Waals surface area contributed by atoms with Crippen LogP contribution in [0.15, 0.2) is 60.1 Å². The van der Waals surface area contributed by atoms with Crippen molar-refractivity contribution < 1.29 is 14.3 Å². The highest BCUT2D eigenvalue weighted by Crippen LogP contribution is 2.27. The maximum absolute atomic E-state index is 11.8. The second-order valence-electron chi connectivity index (χ2n) is 4.80. The number of hydrogen-bond donors (Lipinski definition) is 1. The lowest BCUT2D eigenvalue weighted by molar-refractivity contribution is -0.118. The highest BCUT2D eigenvalue weighted by Gasteiger charge is 2.09. The molecule has 0 unspecified atom stereocenters. The molecule has 1 amide bonds. The second kappa shape index (κ2) is 8.07. The van der Waals surface area contributed by atoms with Gasteiger partial charge < -0.3 is 9.47 Å². The van der Waals surface area contributed by atoms with Crippen LogP contribution in [0.4, 0.5) is 5.13 Å². The fourth-order valence-corrected chi connectivity index (χ4v) is 2.41. The minimum Gasteiger partial charge on any atom is -0.485 e. The van der Waals surface area contributed by atoms with E-state index in [1.807, 2.05) is 42.5 Å². The standard InChI is InChI=1S/C17H15N3O3S/c21-16(19-17-20-18-12-24-17)11-23-15-9-5-4-8-14(15)22-10-13-6-2-1-3-7-13/h1-9,12H,10-11H2,(H,19,20,21). The molecular weight excluding hydrogens is 326 g/mol. The minimum absolute atomic E-state index is 0.134. The Morgan fingerprint density at radius 1 is 1.00 bits per heavy atom. The van der Waals surface area contributed by atoms with Crippen molar-refractivity contribution in [1.82, 2.24) is 10.2 Å². The van der Waals surface area contributed by atoms with Gasteiger partial charge in [0.25, 0.3) is 5.91 Å². The molecule has 1 aromatic heterocycles. The van der Waals surface area contributed by atoms with Crippen molar-refractivity contribution in [3.05, 3.63) is 65.7 Å². The van der Waals surface area contributed by atoms with Crippen molar-refractivity contribution in [3.8, 4) is 11.5 Å². The van der Waals surface area contributed by atoms with Gasteiger partial charge in [-0.1, -0.05) is 53.8 Å². The summed E-state index contributed by atoms with van der Waals surface area (Å²) >= 11 is 1.25. The van der Waals surface area contributed by atoms with Crippen molar-refractivity contribution in [2.75, 3.05) is 11.9 Å². The molecule has 0 aliphatic heterocycles. The van der Waals surface area contributed by atoms with Gasteiger partial charge in [-0.05, 0) is 17.7 Å². The zero-order valence-corrected chi connectivity index (χ0v) is 13.5. The Morgan fingerprint density at radius 3 is 2.42 bits per heavy atom. The van der Waals surface area contributed by atoms with Gasteiger partial charge in [0.1, 0.15) is 12.1 Å². The summed E-state index contributed by atoms with van der Waals surface area (Å²) < 4.78 is 11.3. The molecule has 0 spiro atoms. The van der Waals surface area contributed by atoms with Gasteiger partial charge in [0.15, 0.2) is 18.1 Å². The number of benzene rings is 2. The van der Waals surface area contributed by atoms with E-state index in [2.05, 4.69) is 15.5 Å². The molecule has 0 atom stereocenters. The minimum atomic E-state index is -0.301. The van der Waals surface area contributed by atoms with Gasteiger partial charge in [-0.15, -0.1) is 10.2 Å². The molecule has 0 saturated carbocycles. The van der Waals surface area contributed by atoms with Crippen LogP contribution in [-0.2, 0) is 11.4 Å². The molecule has 0 fully saturated rings. The fourth-order valence-electron chi connectivity index (χ4n) is 1.95. The van der Waals surface area contributed by atoms with Crippen LogP contribution in [0.5, 0.6) is 11.5 Å². The van der Waals surface area contributed by atoms with Gasteiger partial charge >= 0.3 is 0 Å². The molecule has 0 bridgehead atoms. The number of carbonyl (C=O) groups is 1. The summed E-state index contributed by atoms with van der Waals surface area (Å²) in [5, 5.41) is 10.5. The maximum Gasteiger partial charge on any atom is 0.264 e. The molecule has 122 valence electrons. The molecule has 1 N–H and O–H groups in total. The number of nitrogens with one attached hydrogen (secondary N) is 1. The van der Waals surface area contributed by atoms with E-state index in [0.717, 1.165) is 5.56 Å². The molecule has 3 aromatic rings. The second-order valence-corrected chi connectivity index (χ2v) is 5.63. The molecule has 0 aliphatic rings. The molecule has 24 heavy (non-hydrogen) atoms. The quantitative estimate of drug-likeness (QED) is 0.715. The van der Waals surface area contributed by atoms with E-state index in [9.17, 15) is 4.79 Å². The first-order valence-electron chi connectivity index (χ1n) is 7.26. The summed E-state index contributed by atoms with van der Waals surface area (Å²) in [5.74, 6) is 0.801. The van der Waals surface area contributed by atoms with E-state index < -0.39 is 0 Å². The lowest BCUT2D eigenvalue weighted by Crippen LogP contribution is -2.20. The third-order valence-corrected chi connectivity index (χ3v) is 3.66. The number of carbonyl (C=O) groups excluding carboxylic acids is 1. The van der Waals surface area contributed by atoms with Crippen LogP contribution >= 0.6 is 11.3 Å². The Bertz CT molecular complexity index is 779. The summed E-state index contributed by atoms with van der Waals surface area (Å²) in [4.78, 5) is 11.8. The number of amides is 1. The van der Waals surface area contributed by atoms with Crippen LogP contribution in [0.25, 0.3) is 0 Å². The summed E-state index contributed by atoms with van der Waals surface area (Å²) in [5.41, 5.74) is 2.60. The average Bonchev–Trinajstić information content (AvgIpc) is 3.13. The normalized spacial score (nSPS) is 10.2. The monoisotopic (exact) mass is 341 g/mol. The first-order valence-corrected chi connectivity index (χ1v) is 8.14. The first kappa shape index (κ1) is 15.9. The van der Waals surface area contributed by atoms with E-state index in [1.54, 1.807) is 17.6 Å². The zero-order valence-electron chi connectivity index (χ0n) is 12.7. The molecule has 6 nitrogen and oxygen atoms in total. The molecule has 2 aromatic carbocycles. The third-order valence-electron chi connectivity index (χ3n) is 3.05. The van der Waals surface area contributed by atoms with Gasteiger partial charge in [0.2, 0.25) is 5.13 Å². The smallest absolute Gasteiger partial charge is 0.264 e. The maximum atomic E-state index is 11.8. The fraction of sp³-hybridized carbons (Fsp3) is 0.118.